The Bertz CT molecular complexity index is 1150. The van der Waals surface area contributed by atoms with Crippen LogP contribution in [0.5, 0.6) is 0 Å². The van der Waals surface area contributed by atoms with Gasteiger partial charge in [0.2, 0.25) is 11.8 Å². The van der Waals surface area contributed by atoms with Crippen LogP contribution in [0.1, 0.15) is 20.3 Å². The predicted octanol–water partition coefficient (Wildman–Crippen LogP) is 3.24. The van der Waals surface area contributed by atoms with Crippen molar-refractivity contribution in [3.63, 3.8) is 0 Å². The number of carbonyl (C=O) groups excluding carboxylic acids is 2. The normalized spacial score (nSPS) is 16.6. The van der Waals surface area contributed by atoms with Gasteiger partial charge < -0.3 is 14.8 Å². The molecule has 1 fully saturated rings. The summed E-state index contributed by atoms with van der Waals surface area (Å²) in [4.78, 5) is 31.2. The van der Waals surface area contributed by atoms with Crippen LogP contribution in [0.2, 0.25) is 0 Å². The minimum absolute atomic E-state index is 0.00592. The molecular weight excluding hydrogens is 414 g/mol. The number of nitrogens with zero attached hydrogens (tertiary/aromatic N) is 4. The summed E-state index contributed by atoms with van der Waals surface area (Å²) in [7, 11) is 3.58. The Kier molecular flexibility index (Phi) is 7.00. The molecule has 2 amide bonds. The smallest absolute Gasteiger partial charge is 0.241 e. The molecule has 0 spiro atoms. The van der Waals surface area contributed by atoms with Crippen molar-refractivity contribution in [1.82, 2.24) is 19.3 Å². The van der Waals surface area contributed by atoms with Crippen molar-refractivity contribution in [2.45, 2.75) is 32.9 Å². The highest BCUT2D eigenvalue weighted by atomic mass is 16.2. The number of para-hydroxylation sites is 1. The van der Waals surface area contributed by atoms with Gasteiger partial charge in [-0.05, 0) is 51.1 Å². The Hall–Kier alpha value is -2.90. The van der Waals surface area contributed by atoms with Gasteiger partial charge in [-0.3, -0.25) is 19.4 Å². The summed E-state index contributed by atoms with van der Waals surface area (Å²) in [5.41, 5.74) is 3.23. The van der Waals surface area contributed by atoms with Crippen molar-refractivity contribution < 1.29 is 9.59 Å². The van der Waals surface area contributed by atoms with Crippen molar-refractivity contribution in [2.24, 2.45) is 0 Å². The highest BCUT2D eigenvalue weighted by Crippen LogP contribution is 2.31. The molecule has 1 aliphatic heterocycles. The first-order chi connectivity index (χ1) is 15.9. The van der Waals surface area contributed by atoms with Crippen LogP contribution in [0.3, 0.4) is 0 Å². The molecule has 3 aromatic rings. The van der Waals surface area contributed by atoms with Crippen LogP contribution in [0.4, 0.5) is 5.69 Å². The predicted molar refractivity (Wildman–Crippen MR) is 135 cm³/mol. The molecule has 0 saturated carbocycles. The van der Waals surface area contributed by atoms with Crippen LogP contribution < -0.4 is 5.32 Å². The second-order valence-corrected chi connectivity index (χ2v) is 9.11. The summed E-state index contributed by atoms with van der Waals surface area (Å²) in [6.07, 6.45) is 0.945. The van der Waals surface area contributed by atoms with Gasteiger partial charge in [0.15, 0.2) is 0 Å². The largest absolute Gasteiger partial charge is 0.348 e. The summed E-state index contributed by atoms with van der Waals surface area (Å²) in [5, 5.41) is 5.51. The van der Waals surface area contributed by atoms with Gasteiger partial charge in [-0.15, -0.1) is 0 Å². The Labute approximate surface area is 195 Å². The summed E-state index contributed by atoms with van der Waals surface area (Å²) in [6.45, 7) is 8.76. The van der Waals surface area contributed by atoms with E-state index in [9.17, 15) is 9.59 Å². The maximum Gasteiger partial charge on any atom is 0.241 e. The topological polar surface area (TPSA) is 60.8 Å². The van der Waals surface area contributed by atoms with E-state index in [4.69, 9.17) is 0 Å². The van der Waals surface area contributed by atoms with Gasteiger partial charge >= 0.3 is 0 Å². The van der Waals surface area contributed by atoms with Crippen molar-refractivity contribution >= 4 is 39.3 Å². The number of amides is 2. The summed E-state index contributed by atoms with van der Waals surface area (Å²) >= 11 is 0. The Morgan fingerprint density at radius 1 is 1.00 bits per heavy atom. The number of rotatable bonds is 6. The number of aryl methyl sites for hydroxylation is 1. The van der Waals surface area contributed by atoms with E-state index in [-0.39, 0.29) is 17.9 Å². The zero-order valence-electron chi connectivity index (χ0n) is 20.2. The lowest BCUT2D eigenvalue weighted by Gasteiger charge is -2.27. The highest BCUT2D eigenvalue weighted by Gasteiger charge is 2.25. The standard InChI is InChI=1S/C26H35N5O2/c1-5-31-23-10-7-6-9-21(23)22-17-20(11-12-24(22)31)27-26(33)19(2)30-14-8-13-29(15-16-30)18-25(32)28(3)4/h6-7,9-12,17,19H,5,8,13-16,18H2,1-4H3,(H,27,33). The Balaban J connectivity index is 1.44. The highest BCUT2D eigenvalue weighted by molar-refractivity contribution is 6.10. The van der Waals surface area contributed by atoms with Crippen molar-refractivity contribution in [1.29, 1.82) is 0 Å². The molecule has 7 nitrogen and oxygen atoms in total. The molecule has 2 heterocycles. The van der Waals surface area contributed by atoms with E-state index in [0.717, 1.165) is 50.2 Å². The molecule has 1 atom stereocenters. The molecule has 1 aromatic heterocycles. The third-order valence-corrected chi connectivity index (χ3v) is 6.76. The molecule has 1 saturated heterocycles. The van der Waals surface area contributed by atoms with Gasteiger partial charge in [-0.2, -0.15) is 0 Å². The molecule has 0 bridgehead atoms. The minimum Gasteiger partial charge on any atom is -0.348 e. The van der Waals surface area contributed by atoms with Gasteiger partial charge in [0.25, 0.3) is 0 Å². The average molecular weight is 450 g/mol. The third-order valence-electron chi connectivity index (χ3n) is 6.76. The molecule has 1 aliphatic rings. The van der Waals surface area contributed by atoms with Gasteiger partial charge in [0.1, 0.15) is 0 Å². The van der Waals surface area contributed by atoms with E-state index in [1.807, 2.05) is 13.0 Å². The summed E-state index contributed by atoms with van der Waals surface area (Å²) in [6, 6.07) is 14.4. The second-order valence-electron chi connectivity index (χ2n) is 9.11. The van der Waals surface area contributed by atoms with E-state index in [1.54, 1.807) is 19.0 Å². The minimum atomic E-state index is -0.234. The van der Waals surface area contributed by atoms with Crippen molar-refractivity contribution in [2.75, 3.05) is 52.1 Å². The molecule has 1 unspecified atom stereocenters. The molecule has 1 N–H and O–H groups in total. The monoisotopic (exact) mass is 449 g/mol. The zero-order valence-corrected chi connectivity index (χ0v) is 20.2. The molecule has 4 rings (SSSR count). The fraction of sp³-hybridized carbons (Fsp3) is 0.462. The number of likely N-dealkylation sites (N-methyl/N-ethyl adjacent to an activating group) is 1. The maximum absolute atomic E-state index is 13.1. The maximum atomic E-state index is 13.1. The third kappa shape index (κ3) is 4.89. The number of carbonyl (C=O) groups is 2. The average Bonchev–Trinajstić information content (AvgIpc) is 2.94. The molecule has 7 heteroatoms. The zero-order chi connectivity index (χ0) is 23.5. The molecule has 0 radical (unpaired) electrons. The van der Waals surface area contributed by atoms with Gasteiger partial charge in [0.05, 0.1) is 12.6 Å². The van der Waals surface area contributed by atoms with Crippen LogP contribution in [0, 0.1) is 0 Å². The first-order valence-electron chi connectivity index (χ1n) is 11.9. The lowest BCUT2D eigenvalue weighted by molar-refractivity contribution is -0.130. The van der Waals surface area contributed by atoms with Crippen LogP contribution in [0.25, 0.3) is 21.8 Å². The van der Waals surface area contributed by atoms with Crippen molar-refractivity contribution in [3.05, 3.63) is 42.5 Å². The first kappa shape index (κ1) is 23.3. The van der Waals surface area contributed by atoms with Crippen LogP contribution in [-0.2, 0) is 16.1 Å². The number of nitrogens with one attached hydrogen (secondary N) is 1. The van der Waals surface area contributed by atoms with Crippen LogP contribution in [-0.4, -0.2) is 83.9 Å². The van der Waals surface area contributed by atoms with Crippen LogP contribution in [0.15, 0.2) is 42.5 Å². The summed E-state index contributed by atoms with van der Waals surface area (Å²) < 4.78 is 2.31. The fourth-order valence-electron chi connectivity index (χ4n) is 4.75. The van der Waals surface area contributed by atoms with Crippen molar-refractivity contribution in [3.8, 4) is 0 Å². The number of hydrogen-bond donors (Lipinski definition) is 1. The number of aromatic nitrogens is 1. The van der Waals surface area contributed by atoms with E-state index in [0.29, 0.717) is 6.54 Å². The van der Waals surface area contributed by atoms with E-state index < -0.39 is 0 Å². The number of benzene rings is 2. The molecule has 33 heavy (non-hydrogen) atoms. The van der Waals surface area contributed by atoms with Gasteiger partial charge in [-0.25, -0.2) is 0 Å². The molecule has 0 aliphatic carbocycles. The van der Waals surface area contributed by atoms with E-state index in [2.05, 4.69) is 63.0 Å². The molecular formula is C26H35N5O2. The number of anilines is 1. The fourth-order valence-corrected chi connectivity index (χ4v) is 4.75. The van der Waals surface area contributed by atoms with Gasteiger partial charge in [-0.1, -0.05) is 18.2 Å². The Morgan fingerprint density at radius 3 is 2.52 bits per heavy atom. The van der Waals surface area contributed by atoms with E-state index in [1.165, 1.54) is 16.4 Å². The van der Waals surface area contributed by atoms with Crippen LogP contribution >= 0.6 is 0 Å². The lowest BCUT2D eigenvalue weighted by Crippen LogP contribution is -2.44. The summed E-state index contributed by atoms with van der Waals surface area (Å²) in [5.74, 6) is 0.125. The second kappa shape index (κ2) is 9.93. The molecule has 176 valence electrons. The first-order valence-corrected chi connectivity index (χ1v) is 11.9. The molecule has 2 aromatic carbocycles. The number of fused-ring (bicyclic) bond motifs is 3. The van der Waals surface area contributed by atoms with Gasteiger partial charge in [0, 0.05) is 67.8 Å². The number of hydrogen-bond acceptors (Lipinski definition) is 4. The quantitative estimate of drug-likeness (QED) is 0.628. The van der Waals surface area contributed by atoms with E-state index >= 15 is 0 Å². The Morgan fingerprint density at radius 2 is 1.76 bits per heavy atom. The lowest BCUT2D eigenvalue weighted by atomic mass is 10.1. The SMILES string of the molecule is CCn1c2ccccc2c2cc(NC(=O)C(C)N3CCCN(CC(=O)N(C)C)CC3)ccc21.